The Kier molecular flexibility index (Phi) is 5.33. The lowest BCUT2D eigenvalue weighted by Gasteiger charge is -2.25. The van der Waals surface area contributed by atoms with Crippen LogP contribution >= 0.6 is 0 Å². The molecule has 25 heavy (non-hydrogen) atoms. The second-order valence-electron chi connectivity index (χ2n) is 6.04. The molecule has 1 aromatic carbocycles. The van der Waals surface area contributed by atoms with Gasteiger partial charge in [0.05, 0.1) is 18.0 Å². The molecule has 0 bridgehead atoms. The Labute approximate surface area is 147 Å². The molecule has 1 amide bonds. The number of benzene rings is 1. The zero-order valence-corrected chi connectivity index (χ0v) is 14.9. The minimum absolute atomic E-state index is 0.00456. The number of carbonyl (C=O) groups excluding carboxylic acids is 1. The molecule has 2 aliphatic rings. The predicted octanol–water partition coefficient (Wildman–Crippen LogP) is 0.519. The predicted molar refractivity (Wildman–Crippen MR) is 91.6 cm³/mol. The lowest BCUT2D eigenvalue weighted by atomic mass is 10.2. The van der Waals surface area contributed by atoms with Gasteiger partial charge >= 0.3 is 0 Å². The summed E-state index contributed by atoms with van der Waals surface area (Å²) in [6.07, 6.45) is 2.95. The van der Waals surface area contributed by atoms with E-state index in [4.69, 9.17) is 14.2 Å². The number of hydrogen-bond donors (Lipinski definition) is 1. The van der Waals surface area contributed by atoms with E-state index in [0.29, 0.717) is 43.6 Å². The SMILES string of the molecule is CS(=O)(=O)N(CC(=O)NCC1CCCO1)c1ccc2c(c1)OCCO2. The maximum absolute atomic E-state index is 12.2. The fourth-order valence-electron chi connectivity index (χ4n) is 2.81. The van der Waals surface area contributed by atoms with Gasteiger partial charge < -0.3 is 19.5 Å². The van der Waals surface area contributed by atoms with Crippen LogP contribution in [0.15, 0.2) is 18.2 Å². The second-order valence-corrected chi connectivity index (χ2v) is 7.94. The van der Waals surface area contributed by atoms with Crippen molar-refractivity contribution >= 4 is 21.6 Å². The van der Waals surface area contributed by atoms with Crippen molar-refractivity contribution < 1.29 is 27.4 Å². The quantitative estimate of drug-likeness (QED) is 0.785. The third-order valence-electron chi connectivity index (χ3n) is 4.05. The van der Waals surface area contributed by atoms with Gasteiger partial charge in [-0.2, -0.15) is 0 Å². The summed E-state index contributed by atoms with van der Waals surface area (Å²) in [6.45, 7) is 1.64. The zero-order valence-electron chi connectivity index (χ0n) is 14.1. The van der Waals surface area contributed by atoms with Gasteiger partial charge in [-0.1, -0.05) is 0 Å². The van der Waals surface area contributed by atoms with Gasteiger partial charge in [-0.25, -0.2) is 8.42 Å². The van der Waals surface area contributed by atoms with E-state index in [1.807, 2.05) is 0 Å². The maximum atomic E-state index is 12.2. The van der Waals surface area contributed by atoms with Crippen molar-refractivity contribution in [3.63, 3.8) is 0 Å². The first-order chi connectivity index (χ1) is 11.9. The molecule has 0 spiro atoms. The summed E-state index contributed by atoms with van der Waals surface area (Å²) in [6, 6.07) is 4.82. The van der Waals surface area contributed by atoms with E-state index in [0.717, 1.165) is 23.4 Å². The molecule has 1 unspecified atom stereocenters. The molecule has 1 N–H and O–H groups in total. The van der Waals surface area contributed by atoms with Crippen LogP contribution in [0.5, 0.6) is 11.5 Å². The van der Waals surface area contributed by atoms with E-state index < -0.39 is 10.0 Å². The van der Waals surface area contributed by atoms with Gasteiger partial charge in [0.1, 0.15) is 19.8 Å². The molecule has 1 saturated heterocycles. The molecule has 1 atom stereocenters. The van der Waals surface area contributed by atoms with Crippen LogP contribution in [-0.2, 0) is 19.6 Å². The van der Waals surface area contributed by atoms with Crippen LogP contribution < -0.4 is 19.1 Å². The molecule has 0 aliphatic carbocycles. The van der Waals surface area contributed by atoms with Crippen LogP contribution in [0.2, 0.25) is 0 Å². The highest BCUT2D eigenvalue weighted by molar-refractivity contribution is 7.92. The number of ether oxygens (including phenoxy) is 3. The number of nitrogens with one attached hydrogen (secondary N) is 1. The third-order valence-corrected chi connectivity index (χ3v) is 5.19. The number of carbonyl (C=O) groups is 1. The van der Waals surface area contributed by atoms with Gasteiger partial charge in [0.25, 0.3) is 0 Å². The summed E-state index contributed by atoms with van der Waals surface area (Å²) in [5, 5.41) is 2.73. The van der Waals surface area contributed by atoms with Crippen LogP contribution in [0, 0.1) is 0 Å². The van der Waals surface area contributed by atoms with Crippen molar-refractivity contribution in [2.24, 2.45) is 0 Å². The third kappa shape index (κ3) is 4.55. The number of nitrogens with zero attached hydrogens (tertiary/aromatic N) is 1. The fraction of sp³-hybridized carbons (Fsp3) is 0.562. The normalized spacial score (nSPS) is 19.5. The summed E-state index contributed by atoms with van der Waals surface area (Å²) < 4.78 is 41.7. The highest BCUT2D eigenvalue weighted by Gasteiger charge is 2.24. The number of hydrogen-bond acceptors (Lipinski definition) is 6. The van der Waals surface area contributed by atoms with E-state index in [1.54, 1.807) is 18.2 Å². The highest BCUT2D eigenvalue weighted by Crippen LogP contribution is 2.34. The molecule has 0 aromatic heterocycles. The average molecular weight is 370 g/mol. The molecule has 2 aliphatic heterocycles. The molecule has 0 radical (unpaired) electrons. The molecule has 1 aromatic rings. The van der Waals surface area contributed by atoms with E-state index in [1.165, 1.54) is 0 Å². The minimum atomic E-state index is -3.63. The highest BCUT2D eigenvalue weighted by atomic mass is 32.2. The first-order valence-corrected chi connectivity index (χ1v) is 10.0. The average Bonchev–Trinajstić information content (AvgIpc) is 3.10. The molecule has 138 valence electrons. The summed E-state index contributed by atoms with van der Waals surface area (Å²) in [4.78, 5) is 12.2. The van der Waals surface area contributed by atoms with Crippen molar-refractivity contribution in [3.05, 3.63) is 18.2 Å². The van der Waals surface area contributed by atoms with Gasteiger partial charge in [0, 0.05) is 19.2 Å². The van der Waals surface area contributed by atoms with E-state index in [-0.39, 0.29) is 18.6 Å². The Hall–Kier alpha value is -2.00. The minimum Gasteiger partial charge on any atom is -0.486 e. The standard InChI is InChI=1S/C16H22N2O6S/c1-25(20,21)18(11-16(19)17-10-13-3-2-6-22-13)12-4-5-14-15(9-12)24-8-7-23-14/h4-5,9,13H,2-3,6-8,10-11H2,1H3,(H,17,19). The van der Waals surface area contributed by atoms with Gasteiger partial charge in [0.2, 0.25) is 15.9 Å². The van der Waals surface area contributed by atoms with Gasteiger partial charge in [-0.05, 0) is 25.0 Å². The van der Waals surface area contributed by atoms with E-state index >= 15 is 0 Å². The van der Waals surface area contributed by atoms with Crippen LogP contribution in [0.25, 0.3) is 0 Å². The van der Waals surface area contributed by atoms with Crippen LogP contribution in [0.3, 0.4) is 0 Å². The molecule has 1 fully saturated rings. The summed E-state index contributed by atoms with van der Waals surface area (Å²) >= 11 is 0. The fourth-order valence-corrected chi connectivity index (χ4v) is 3.65. The number of anilines is 1. The molecule has 3 rings (SSSR count). The first kappa shape index (κ1) is 17.8. The Morgan fingerprint density at radius 2 is 2.00 bits per heavy atom. The number of fused-ring (bicyclic) bond motifs is 1. The molecule has 2 heterocycles. The Bertz CT molecular complexity index is 730. The maximum Gasteiger partial charge on any atom is 0.240 e. The number of amides is 1. The van der Waals surface area contributed by atoms with Crippen molar-refractivity contribution in [3.8, 4) is 11.5 Å². The van der Waals surface area contributed by atoms with Crippen molar-refractivity contribution in [1.82, 2.24) is 5.32 Å². The van der Waals surface area contributed by atoms with Gasteiger partial charge in [-0.3, -0.25) is 9.10 Å². The Morgan fingerprint density at radius 3 is 2.68 bits per heavy atom. The van der Waals surface area contributed by atoms with Crippen LogP contribution in [0.4, 0.5) is 5.69 Å². The molecule has 9 heteroatoms. The molecule has 0 saturated carbocycles. The van der Waals surface area contributed by atoms with Gasteiger partial charge in [0.15, 0.2) is 11.5 Å². The van der Waals surface area contributed by atoms with Crippen LogP contribution in [0.1, 0.15) is 12.8 Å². The van der Waals surface area contributed by atoms with Gasteiger partial charge in [-0.15, -0.1) is 0 Å². The smallest absolute Gasteiger partial charge is 0.240 e. The topological polar surface area (TPSA) is 94.2 Å². The van der Waals surface area contributed by atoms with E-state index in [9.17, 15) is 13.2 Å². The lowest BCUT2D eigenvalue weighted by molar-refractivity contribution is -0.120. The lowest BCUT2D eigenvalue weighted by Crippen LogP contribution is -2.42. The zero-order chi connectivity index (χ0) is 17.9. The van der Waals surface area contributed by atoms with Crippen molar-refractivity contribution in [1.29, 1.82) is 0 Å². The number of sulfonamides is 1. The molecular weight excluding hydrogens is 348 g/mol. The Balaban J connectivity index is 1.70. The van der Waals surface area contributed by atoms with Crippen LogP contribution in [-0.4, -0.2) is 59.6 Å². The summed E-state index contributed by atoms with van der Waals surface area (Å²) in [7, 11) is -3.63. The van der Waals surface area contributed by atoms with E-state index in [2.05, 4.69) is 5.32 Å². The Morgan fingerprint density at radius 1 is 1.24 bits per heavy atom. The van der Waals surface area contributed by atoms with Crippen molar-refractivity contribution in [2.45, 2.75) is 18.9 Å². The second kappa shape index (κ2) is 7.49. The molecular formula is C16H22N2O6S. The summed E-state index contributed by atoms with van der Waals surface area (Å²) in [5.41, 5.74) is 0.360. The van der Waals surface area contributed by atoms with Crippen molar-refractivity contribution in [2.75, 3.05) is 43.5 Å². The molecule has 8 nitrogen and oxygen atoms in total. The first-order valence-electron chi connectivity index (χ1n) is 8.19. The largest absolute Gasteiger partial charge is 0.486 e. The number of rotatable bonds is 6. The monoisotopic (exact) mass is 370 g/mol. The summed E-state index contributed by atoms with van der Waals surface area (Å²) in [5.74, 6) is 0.652.